The third-order valence-corrected chi connectivity index (χ3v) is 4.83. The molecular weight excluding hydrogens is 388 g/mol. The number of hydrogen-bond donors (Lipinski definition) is 3. The van der Waals surface area contributed by atoms with Gasteiger partial charge in [-0.15, -0.1) is 0 Å². The summed E-state index contributed by atoms with van der Waals surface area (Å²) in [5, 5.41) is 19.5. The lowest BCUT2D eigenvalue weighted by Crippen LogP contribution is -2.31. The Morgan fingerprint density at radius 3 is 2.57 bits per heavy atom. The quantitative estimate of drug-likeness (QED) is 0.442. The van der Waals surface area contributed by atoms with E-state index in [1.165, 1.54) is 17.7 Å². The van der Waals surface area contributed by atoms with E-state index in [1.807, 2.05) is 30.3 Å². The molecular formula is C21H20N4O5. The van der Waals surface area contributed by atoms with Crippen LogP contribution in [0.5, 0.6) is 11.5 Å². The van der Waals surface area contributed by atoms with E-state index in [0.29, 0.717) is 11.4 Å². The highest BCUT2D eigenvalue weighted by Crippen LogP contribution is 2.32. The Morgan fingerprint density at radius 2 is 1.87 bits per heavy atom. The number of benzene rings is 2. The number of nitrogens with zero attached hydrogens (tertiary/aromatic N) is 3. The summed E-state index contributed by atoms with van der Waals surface area (Å²) >= 11 is 0. The number of aromatic amines is 1. The zero-order valence-electron chi connectivity index (χ0n) is 16.2. The topological polar surface area (TPSA) is 122 Å². The smallest absolute Gasteiger partial charge is 0.330 e. The number of fused-ring (bicyclic) bond motifs is 1. The first-order chi connectivity index (χ1) is 14.5. The number of nitrogens with one attached hydrogen (secondary N) is 1. The normalized spacial score (nSPS) is 11.1. The average Bonchev–Trinajstić information content (AvgIpc) is 3.12. The number of hydrogen-bond acceptors (Lipinski definition) is 6. The van der Waals surface area contributed by atoms with Crippen LogP contribution in [0.25, 0.3) is 22.6 Å². The minimum Gasteiger partial charge on any atom is -0.504 e. The fraction of sp³-hybridized carbons (Fsp3) is 0.190. The number of aliphatic hydroxyl groups excluding tert-OH is 1. The summed E-state index contributed by atoms with van der Waals surface area (Å²) in [5.41, 5.74) is 0.673. The van der Waals surface area contributed by atoms with Gasteiger partial charge in [0.05, 0.1) is 20.3 Å². The van der Waals surface area contributed by atoms with Gasteiger partial charge in [0.2, 0.25) is 0 Å². The van der Waals surface area contributed by atoms with Gasteiger partial charge in [-0.3, -0.25) is 14.3 Å². The van der Waals surface area contributed by atoms with Crippen molar-refractivity contribution in [3.05, 3.63) is 74.9 Å². The van der Waals surface area contributed by atoms with Crippen LogP contribution in [0, 0.1) is 0 Å². The van der Waals surface area contributed by atoms with Crippen molar-refractivity contribution in [2.45, 2.75) is 13.1 Å². The van der Waals surface area contributed by atoms with Crippen LogP contribution in [0.3, 0.4) is 0 Å². The van der Waals surface area contributed by atoms with E-state index >= 15 is 0 Å². The highest BCUT2D eigenvalue weighted by atomic mass is 16.5. The Bertz CT molecular complexity index is 1320. The number of ether oxygens (including phenoxy) is 1. The maximum absolute atomic E-state index is 12.6. The lowest BCUT2D eigenvalue weighted by Gasteiger charge is -2.09. The maximum Gasteiger partial charge on any atom is 0.330 e. The van der Waals surface area contributed by atoms with E-state index in [0.717, 1.165) is 5.56 Å². The molecule has 2 aromatic heterocycles. The number of aromatic hydroxyl groups is 1. The molecule has 0 spiro atoms. The van der Waals surface area contributed by atoms with Gasteiger partial charge in [-0.05, 0) is 23.8 Å². The van der Waals surface area contributed by atoms with Gasteiger partial charge in [0.1, 0.15) is 5.82 Å². The molecule has 0 amide bonds. The first-order valence-corrected chi connectivity index (χ1v) is 9.29. The van der Waals surface area contributed by atoms with Crippen LogP contribution >= 0.6 is 0 Å². The molecule has 0 atom stereocenters. The summed E-state index contributed by atoms with van der Waals surface area (Å²) in [5.74, 6) is 0.575. The lowest BCUT2D eigenvalue weighted by molar-refractivity contribution is 0.278. The van der Waals surface area contributed by atoms with E-state index in [2.05, 4.69) is 9.97 Å². The molecule has 0 radical (unpaired) electrons. The largest absolute Gasteiger partial charge is 0.504 e. The Labute approximate surface area is 170 Å². The molecule has 4 rings (SSSR count). The molecule has 2 aromatic carbocycles. The first kappa shape index (κ1) is 19.5. The summed E-state index contributed by atoms with van der Waals surface area (Å²) in [6.45, 7) is 0.0913. The van der Waals surface area contributed by atoms with E-state index in [9.17, 15) is 19.8 Å². The summed E-state index contributed by atoms with van der Waals surface area (Å²) in [6.07, 6.45) is 0. The molecule has 9 nitrogen and oxygen atoms in total. The van der Waals surface area contributed by atoms with Crippen LogP contribution < -0.4 is 16.0 Å². The van der Waals surface area contributed by atoms with Crippen molar-refractivity contribution in [1.29, 1.82) is 0 Å². The van der Waals surface area contributed by atoms with Crippen LogP contribution in [-0.2, 0) is 13.1 Å². The van der Waals surface area contributed by atoms with Crippen LogP contribution in [0.1, 0.15) is 5.56 Å². The van der Waals surface area contributed by atoms with Gasteiger partial charge >= 0.3 is 5.69 Å². The number of H-pyrrole nitrogens is 1. The summed E-state index contributed by atoms with van der Waals surface area (Å²) in [6, 6.07) is 14.0. The van der Waals surface area contributed by atoms with Crippen LogP contribution in [-0.4, -0.2) is 43.0 Å². The van der Waals surface area contributed by atoms with Crippen LogP contribution in [0.4, 0.5) is 0 Å². The fourth-order valence-corrected chi connectivity index (χ4v) is 3.44. The number of methoxy groups -OCH3 is 1. The number of aliphatic hydroxyl groups is 1. The molecule has 0 bridgehead atoms. The molecule has 9 heteroatoms. The van der Waals surface area contributed by atoms with Gasteiger partial charge in [-0.2, -0.15) is 0 Å². The highest BCUT2D eigenvalue weighted by molar-refractivity contribution is 5.77. The summed E-state index contributed by atoms with van der Waals surface area (Å²) in [7, 11) is 1.43. The third-order valence-electron chi connectivity index (χ3n) is 4.83. The van der Waals surface area contributed by atoms with Crippen molar-refractivity contribution >= 4 is 11.2 Å². The number of imidazole rings is 1. The zero-order valence-corrected chi connectivity index (χ0v) is 16.2. The maximum atomic E-state index is 12.6. The number of phenolic OH excluding ortho intramolecular Hbond substituents is 1. The van der Waals surface area contributed by atoms with Gasteiger partial charge in [-0.25, -0.2) is 9.78 Å². The van der Waals surface area contributed by atoms with Crippen molar-refractivity contribution in [3.8, 4) is 22.9 Å². The molecule has 3 N–H and O–H groups in total. The number of aromatic nitrogens is 4. The second kappa shape index (κ2) is 7.88. The van der Waals surface area contributed by atoms with E-state index < -0.39 is 11.2 Å². The molecule has 154 valence electrons. The first-order valence-electron chi connectivity index (χ1n) is 9.29. The number of phenols is 1. The summed E-state index contributed by atoms with van der Waals surface area (Å²) < 4.78 is 8.11. The fourth-order valence-electron chi connectivity index (χ4n) is 3.44. The Balaban J connectivity index is 1.99. The van der Waals surface area contributed by atoms with Gasteiger partial charge in [-0.1, -0.05) is 30.3 Å². The minimum atomic E-state index is -0.586. The third kappa shape index (κ3) is 3.35. The Hall–Kier alpha value is -3.85. The van der Waals surface area contributed by atoms with Gasteiger partial charge in [0.25, 0.3) is 5.56 Å². The minimum absolute atomic E-state index is 0.0371. The van der Waals surface area contributed by atoms with Crippen molar-refractivity contribution in [2.75, 3.05) is 13.7 Å². The Morgan fingerprint density at radius 1 is 1.10 bits per heavy atom. The second-order valence-electron chi connectivity index (χ2n) is 6.70. The van der Waals surface area contributed by atoms with Crippen molar-refractivity contribution < 1.29 is 14.9 Å². The van der Waals surface area contributed by atoms with Gasteiger partial charge in [0, 0.05) is 12.1 Å². The molecule has 4 aromatic rings. The van der Waals surface area contributed by atoms with Crippen molar-refractivity contribution in [2.24, 2.45) is 0 Å². The average molecular weight is 408 g/mol. The number of rotatable bonds is 6. The molecule has 30 heavy (non-hydrogen) atoms. The van der Waals surface area contributed by atoms with E-state index in [1.54, 1.807) is 16.7 Å². The van der Waals surface area contributed by atoms with Crippen LogP contribution in [0.15, 0.2) is 58.1 Å². The monoisotopic (exact) mass is 408 g/mol. The predicted octanol–water partition coefficient (Wildman–Crippen LogP) is 1.31. The highest BCUT2D eigenvalue weighted by Gasteiger charge is 2.20. The second-order valence-corrected chi connectivity index (χ2v) is 6.70. The molecule has 0 unspecified atom stereocenters. The van der Waals surface area contributed by atoms with Gasteiger partial charge < -0.3 is 19.5 Å². The van der Waals surface area contributed by atoms with Gasteiger partial charge in [0.15, 0.2) is 22.7 Å². The lowest BCUT2D eigenvalue weighted by atomic mass is 10.2. The molecule has 0 saturated heterocycles. The van der Waals surface area contributed by atoms with Crippen molar-refractivity contribution in [3.63, 3.8) is 0 Å². The molecule has 0 aliphatic heterocycles. The SMILES string of the molecule is COc1cc(-c2nc3c(c(=O)[nH]c(=O)n3Cc3ccccc3)n2CCO)ccc1O. The predicted molar refractivity (Wildman–Crippen MR) is 111 cm³/mol. The Kier molecular flexibility index (Phi) is 5.11. The van der Waals surface area contributed by atoms with Crippen LogP contribution in [0.2, 0.25) is 0 Å². The zero-order chi connectivity index (χ0) is 21.3. The van der Waals surface area contributed by atoms with E-state index in [4.69, 9.17) is 4.74 Å². The molecule has 0 aliphatic rings. The molecule has 0 saturated carbocycles. The summed E-state index contributed by atoms with van der Waals surface area (Å²) in [4.78, 5) is 32.1. The molecule has 0 fully saturated rings. The molecule has 0 aliphatic carbocycles. The molecule has 2 heterocycles. The van der Waals surface area contributed by atoms with Crippen molar-refractivity contribution in [1.82, 2.24) is 19.1 Å². The standard InChI is InChI=1S/C21H20N4O5/c1-30-16-11-14(7-8-15(16)27)18-22-19-17(24(18)9-10-26)20(28)23-21(29)25(19)12-13-5-3-2-4-6-13/h2-8,11,26-27H,9-10,12H2,1H3,(H,23,28,29). The van der Waals surface area contributed by atoms with E-state index in [-0.39, 0.29) is 42.4 Å².